The van der Waals surface area contributed by atoms with E-state index in [2.05, 4.69) is 0 Å². The molecular weight excluding hydrogens is 398 g/mol. The smallest absolute Gasteiger partial charge is 0.300 e. The summed E-state index contributed by atoms with van der Waals surface area (Å²) in [6.07, 6.45) is -0.561. The number of carbonyl (C=O) groups is 1. The molecule has 0 aliphatic carbocycles. The van der Waals surface area contributed by atoms with Crippen LogP contribution in [0.1, 0.15) is 13.8 Å². The minimum Gasteiger partial charge on any atom is -0.544 e. The summed E-state index contributed by atoms with van der Waals surface area (Å²) in [5.74, 6) is -0.302. The Kier molecular flexibility index (Phi) is 6.23. The van der Waals surface area contributed by atoms with Gasteiger partial charge >= 0.3 is 0 Å². The van der Waals surface area contributed by atoms with Crippen LogP contribution in [0.2, 0.25) is 0 Å². The van der Waals surface area contributed by atoms with Crippen LogP contribution >= 0.6 is 0 Å². The van der Waals surface area contributed by atoms with Crippen molar-refractivity contribution in [2.45, 2.75) is 26.1 Å². The molecule has 1 N–H and O–H groups in total. The number of rotatable bonds is 2. The van der Waals surface area contributed by atoms with Crippen molar-refractivity contribution in [1.82, 2.24) is 0 Å². The second-order valence-electron chi connectivity index (χ2n) is 2.93. The van der Waals surface area contributed by atoms with E-state index in [-0.39, 0.29) is 61.8 Å². The van der Waals surface area contributed by atoms with Crippen molar-refractivity contribution in [2.75, 3.05) is 6.61 Å². The summed E-state index contributed by atoms with van der Waals surface area (Å²) in [5.41, 5.74) is 0. The number of hydrogen-bond donors (Lipinski definition) is 1. The van der Waals surface area contributed by atoms with E-state index in [1.54, 1.807) is 0 Å². The summed E-state index contributed by atoms with van der Waals surface area (Å²) in [6, 6.07) is 0. The van der Waals surface area contributed by atoms with Crippen LogP contribution in [0.15, 0.2) is 0 Å². The molecule has 0 aromatic heterocycles. The van der Waals surface area contributed by atoms with Crippen LogP contribution in [-0.4, -0.2) is 29.9 Å². The normalized spacial score (nSPS) is 32.4. The van der Waals surface area contributed by atoms with Gasteiger partial charge in [0.2, 0.25) is 0 Å². The number of aliphatic hydroxyl groups excluding tert-OH is 1. The summed E-state index contributed by atoms with van der Waals surface area (Å²) in [4.78, 5) is 10.6. The summed E-state index contributed by atoms with van der Waals surface area (Å²) >= 11 is 0. The van der Waals surface area contributed by atoms with Crippen molar-refractivity contribution in [3.05, 3.63) is 6.61 Å². The maximum Gasteiger partial charge on any atom is 0.300 e. The fraction of sp³-hybridized carbons (Fsp3) is 0.750. The summed E-state index contributed by atoms with van der Waals surface area (Å²) in [6.45, 7) is 4.65. The van der Waals surface area contributed by atoms with Gasteiger partial charge in [-0.2, -0.15) is 6.61 Å². The average Bonchev–Trinajstić information content (AvgIpc) is 2.32. The van der Waals surface area contributed by atoms with Crippen LogP contribution in [0.4, 0.5) is 0 Å². The molecule has 1 saturated heterocycles. The van der Waals surface area contributed by atoms with Crippen molar-refractivity contribution in [1.29, 1.82) is 0 Å². The Morgan fingerprint density at radius 2 is 2.31 bits per heavy atom. The summed E-state index contributed by atoms with van der Waals surface area (Å²) in [5, 5.41) is 8.80. The first-order chi connectivity index (χ1) is 5.65. The molecule has 1 fully saturated rings. The Bertz CT molecular complexity index is 174. The molecule has 0 bridgehead atoms. The van der Waals surface area contributed by atoms with Gasteiger partial charge in [-0.1, -0.05) is 6.92 Å². The fourth-order valence-electron chi connectivity index (χ4n) is 1.17. The number of ether oxygens (including phenoxy) is 2. The second kappa shape index (κ2) is 6.03. The molecule has 0 aromatic carbocycles. The quantitative estimate of drug-likeness (QED) is 0.518. The molecule has 0 amide bonds. The number of carbonyl (C=O) groups excluding carboxylic acids is 1. The van der Waals surface area contributed by atoms with E-state index >= 15 is 0 Å². The third kappa shape index (κ3) is 3.59. The van der Waals surface area contributed by atoms with Gasteiger partial charge in [0, 0.05) is 44.1 Å². The van der Waals surface area contributed by atoms with Gasteiger partial charge in [-0.15, -0.1) is 0 Å². The van der Waals surface area contributed by atoms with E-state index in [4.69, 9.17) is 14.6 Å². The van der Waals surface area contributed by atoms with E-state index in [9.17, 15) is 4.79 Å². The van der Waals surface area contributed by atoms with Crippen molar-refractivity contribution in [3.63, 3.8) is 0 Å². The van der Waals surface area contributed by atoms with Gasteiger partial charge < -0.3 is 14.6 Å². The molecule has 3 atom stereocenters. The van der Waals surface area contributed by atoms with E-state index < -0.39 is 0 Å². The van der Waals surface area contributed by atoms with E-state index in [1.807, 2.05) is 6.92 Å². The fourth-order valence-corrected chi connectivity index (χ4v) is 1.17. The van der Waals surface area contributed by atoms with Crippen LogP contribution in [-0.2, 0) is 14.3 Å². The molecule has 0 aromatic rings. The van der Waals surface area contributed by atoms with Crippen LogP contribution in [0, 0.1) is 43.6 Å². The Labute approximate surface area is 101 Å². The van der Waals surface area contributed by atoms with Gasteiger partial charge in [-0.25, -0.2) is 0 Å². The SMILES string of the molecule is CC(=O)OC1[CH-]OC(CO)C1C.[U]. The first-order valence-electron chi connectivity index (χ1n) is 3.92. The van der Waals surface area contributed by atoms with Gasteiger partial charge in [0.1, 0.15) is 0 Å². The maximum absolute atomic E-state index is 10.6. The Morgan fingerprint density at radius 1 is 1.69 bits per heavy atom. The van der Waals surface area contributed by atoms with Crippen LogP contribution < -0.4 is 0 Å². The van der Waals surface area contributed by atoms with E-state index in [1.165, 1.54) is 13.5 Å². The van der Waals surface area contributed by atoms with E-state index in [0.29, 0.717) is 0 Å². The Hall–Kier alpha value is 0.442. The molecule has 13 heavy (non-hydrogen) atoms. The van der Waals surface area contributed by atoms with Crippen molar-refractivity contribution >= 4 is 5.97 Å². The van der Waals surface area contributed by atoms with Gasteiger partial charge in [-0.05, 0) is 5.92 Å². The number of aliphatic hydroxyl groups is 1. The zero-order chi connectivity index (χ0) is 9.14. The topological polar surface area (TPSA) is 55.8 Å². The van der Waals surface area contributed by atoms with Gasteiger partial charge in [0.25, 0.3) is 5.97 Å². The third-order valence-corrected chi connectivity index (χ3v) is 1.97. The van der Waals surface area contributed by atoms with Crippen molar-refractivity contribution in [2.24, 2.45) is 5.92 Å². The third-order valence-electron chi connectivity index (χ3n) is 1.97. The molecule has 4 nitrogen and oxygen atoms in total. The minimum atomic E-state index is -0.328. The standard InChI is InChI=1S/C8H13O4.U/c1-5-7(3-9)11-4-8(5)12-6(2)10;/h4-5,7-9H,3H2,1-2H3;/q-1;. The molecule has 0 spiro atoms. The second-order valence-corrected chi connectivity index (χ2v) is 2.93. The molecule has 1 aliphatic rings. The molecule has 0 radical (unpaired) electrons. The predicted molar refractivity (Wildman–Crippen MR) is 41.0 cm³/mol. The summed E-state index contributed by atoms with van der Waals surface area (Å²) < 4.78 is 10.0. The predicted octanol–water partition coefficient (Wildman–Crippen LogP) is 0.107. The van der Waals surface area contributed by atoms with Gasteiger partial charge in [0.05, 0.1) is 12.7 Å². The molecule has 1 heterocycles. The largest absolute Gasteiger partial charge is 0.544 e. The molecule has 1 rings (SSSR count). The van der Waals surface area contributed by atoms with Crippen LogP contribution in [0.5, 0.6) is 0 Å². The Morgan fingerprint density at radius 3 is 2.69 bits per heavy atom. The van der Waals surface area contributed by atoms with E-state index in [0.717, 1.165) is 0 Å². The first kappa shape index (κ1) is 13.4. The molecule has 74 valence electrons. The first-order valence-corrected chi connectivity index (χ1v) is 3.92. The molecule has 3 unspecified atom stereocenters. The molecular formula is C8H13O4U-. The minimum absolute atomic E-state index is 0. The molecule has 0 saturated carbocycles. The van der Waals surface area contributed by atoms with Crippen molar-refractivity contribution < 1.29 is 50.5 Å². The monoisotopic (exact) mass is 411 g/mol. The molecule has 5 heteroatoms. The molecule has 1 aliphatic heterocycles. The average molecular weight is 411 g/mol. The van der Waals surface area contributed by atoms with Gasteiger partial charge in [0.15, 0.2) is 0 Å². The zero-order valence-corrected chi connectivity index (χ0v) is 11.9. The summed E-state index contributed by atoms with van der Waals surface area (Å²) in [7, 11) is 0. The van der Waals surface area contributed by atoms with Crippen LogP contribution in [0.3, 0.4) is 0 Å². The zero-order valence-electron chi connectivity index (χ0n) is 7.69. The van der Waals surface area contributed by atoms with Gasteiger partial charge in [-0.3, -0.25) is 4.79 Å². The number of esters is 1. The maximum atomic E-state index is 10.6. The Balaban J connectivity index is 0.00000144. The number of hydrogen-bond acceptors (Lipinski definition) is 4. The van der Waals surface area contributed by atoms with Crippen molar-refractivity contribution in [3.8, 4) is 0 Å². The van der Waals surface area contributed by atoms with Crippen LogP contribution in [0.25, 0.3) is 0 Å².